The van der Waals surface area contributed by atoms with Crippen LogP contribution in [0.2, 0.25) is 0 Å². The molecule has 1 aromatic rings. The molecule has 0 spiro atoms. The zero-order chi connectivity index (χ0) is 11.3. The molecule has 82 valence electrons. The molecule has 2 N–H and O–H groups in total. The first-order chi connectivity index (χ1) is 7.15. The standard InChI is InChI=1S/C10H11BrClNO2/c11-7-2-3-9(14)8(6-7)10(15)13-5-1-4-12/h2-3,6,14H,1,4-5H2,(H,13,15). The number of phenolic OH excluding ortho intramolecular Hbond substituents is 1. The molecule has 1 amide bonds. The van der Waals surface area contributed by atoms with Crippen LogP contribution in [0.5, 0.6) is 5.75 Å². The van der Waals surface area contributed by atoms with E-state index in [2.05, 4.69) is 21.2 Å². The van der Waals surface area contributed by atoms with Gasteiger partial charge in [-0.15, -0.1) is 11.6 Å². The Morgan fingerprint density at radius 1 is 1.53 bits per heavy atom. The van der Waals surface area contributed by atoms with E-state index < -0.39 is 0 Å². The Bertz CT molecular complexity index is 357. The van der Waals surface area contributed by atoms with E-state index in [0.717, 1.165) is 4.47 Å². The number of alkyl halides is 1. The van der Waals surface area contributed by atoms with Gasteiger partial charge in [-0.1, -0.05) is 15.9 Å². The van der Waals surface area contributed by atoms with E-state index in [1.54, 1.807) is 12.1 Å². The topological polar surface area (TPSA) is 49.3 Å². The van der Waals surface area contributed by atoms with Crippen LogP contribution in [0.3, 0.4) is 0 Å². The molecule has 0 fully saturated rings. The Hall–Kier alpha value is -0.740. The first-order valence-electron chi connectivity index (χ1n) is 4.48. The SMILES string of the molecule is O=C(NCCCCl)c1cc(Br)ccc1O. The highest BCUT2D eigenvalue weighted by molar-refractivity contribution is 9.10. The maximum atomic E-state index is 11.6. The predicted octanol–water partition coefficient (Wildman–Crippen LogP) is 2.51. The minimum Gasteiger partial charge on any atom is -0.507 e. The Labute approximate surface area is 102 Å². The minimum absolute atomic E-state index is 0.0263. The van der Waals surface area contributed by atoms with Crippen molar-refractivity contribution in [1.82, 2.24) is 5.32 Å². The van der Waals surface area contributed by atoms with Gasteiger partial charge in [-0.3, -0.25) is 4.79 Å². The van der Waals surface area contributed by atoms with Gasteiger partial charge in [-0.05, 0) is 24.6 Å². The Balaban J connectivity index is 2.68. The molecule has 0 saturated carbocycles. The molecule has 0 heterocycles. The lowest BCUT2D eigenvalue weighted by Crippen LogP contribution is -2.24. The normalized spacial score (nSPS) is 10.0. The van der Waals surface area contributed by atoms with Crippen molar-refractivity contribution < 1.29 is 9.90 Å². The molecule has 0 saturated heterocycles. The predicted molar refractivity (Wildman–Crippen MR) is 63.5 cm³/mol. The fourth-order valence-electron chi connectivity index (χ4n) is 1.05. The Morgan fingerprint density at radius 3 is 2.93 bits per heavy atom. The third-order valence-corrected chi connectivity index (χ3v) is 2.56. The van der Waals surface area contributed by atoms with Crippen molar-refractivity contribution in [3.05, 3.63) is 28.2 Å². The zero-order valence-corrected chi connectivity index (χ0v) is 10.3. The smallest absolute Gasteiger partial charge is 0.255 e. The van der Waals surface area contributed by atoms with E-state index in [9.17, 15) is 9.90 Å². The van der Waals surface area contributed by atoms with Gasteiger partial charge in [0.05, 0.1) is 5.56 Å². The summed E-state index contributed by atoms with van der Waals surface area (Å²) in [5, 5.41) is 12.1. The number of aromatic hydroxyl groups is 1. The monoisotopic (exact) mass is 291 g/mol. The fraction of sp³-hybridized carbons (Fsp3) is 0.300. The van der Waals surface area contributed by atoms with E-state index in [4.69, 9.17) is 11.6 Å². The second-order valence-electron chi connectivity index (χ2n) is 2.96. The van der Waals surface area contributed by atoms with Crippen LogP contribution in [0.1, 0.15) is 16.8 Å². The number of benzene rings is 1. The van der Waals surface area contributed by atoms with E-state index in [1.807, 2.05) is 0 Å². The molecule has 0 radical (unpaired) electrons. The van der Waals surface area contributed by atoms with Crippen LogP contribution in [-0.4, -0.2) is 23.4 Å². The van der Waals surface area contributed by atoms with Gasteiger partial charge in [0.15, 0.2) is 0 Å². The van der Waals surface area contributed by atoms with Crippen LogP contribution in [0.4, 0.5) is 0 Å². The number of phenols is 1. The summed E-state index contributed by atoms with van der Waals surface area (Å²) in [5.41, 5.74) is 0.263. The van der Waals surface area contributed by atoms with Gasteiger partial charge in [-0.2, -0.15) is 0 Å². The van der Waals surface area contributed by atoms with Crippen LogP contribution in [0.25, 0.3) is 0 Å². The average molecular weight is 293 g/mol. The molecule has 0 unspecified atom stereocenters. The molecule has 0 bridgehead atoms. The lowest BCUT2D eigenvalue weighted by Gasteiger charge is -2.06. The molecular formula is C10H11BrClNO2. The van der Waals surface area contributed by atoms with Gasteiger partial charge >= 0.3 is 0 Å². The molecule has 5 heteroatoms. The summed E-state index contributed by atoms with van der Waals surface area (Å²) in [7, 11) is 0. The van der Waals surface area contributed by atoms with Crippen LogP contribution >= 0.6 is 27.5 Å². The van der Waals surface area contributed by atoms with Crippen molar-refractivity contribution in [3.63, 3.8) is 0 Å². The molecule has 0 atom stereocenters. The minimum atomic E-state index is -0.293. The molecule has 0 aliphatic carbocycles. The summed E-state index contributed by atoms with van der Waals surface area (Å²) in [6, 6.07) is 4.72. The van der Waals surface area contributed by atoms with Gasteiger partial charge in [0.25, 0.3) is 5.91 Å². The number of amides is 1. The third kappa shape index (κ3) is 3.72. The first kappa shape index (κ1) is 12.3. The second-order valence-corrected chi connectivity index (χ2v) is 4.25. The van der Waals surface area contributed by atoms with Crippen molar-refractivity contribution in [2.45, 2.75) is 6.42 Å². The van der Waals surface area contributed by atoms with Crippen molar-refractivity contribution in [3.8, 4) is 5.75 Å². The van der Waals surface area contributed by atoms with Crippen molar-refractivity contribution in [1.29, 1.82) is 0 Å². The van der Waals surface area contributed by atoms with Gasteiger partial charge in [0, 0.05) is 16.9 Å². The molecule has 0 aliphatic rings. The summed E-state index contributed by atoms with van der Waals surface area (Å²) in [6.45, 7) is 0.508. The average Bonchev–Trinajstić information content (AvgIpc) is 2.22. The van der Waals surface area contributed by atoms with Crippen molar-refractivity contribution in [2.24, 2.45) is 0 Å². The van der Waals surface area contributed by atoms with Gasteiger partial charge in [0.1, 0.15) is 5.75 Å². The van der Waals surface area contributed by atoms with Crippen LogP contribution in [0, 0.1) is 0 Å². The zero-order valence-electron chi connectivity index (χ0n) is 7.96. The summed E-state index contributed by atoms with van der Waals surface area (Å²) >= 11 is 8.71. The second kappa shape index (κ2) is 5.98. The number of carbonyl (C=O) groups is 1. The lowest BCUT2D eigenvalue weighted by atomic mass is 10.2. The number of hydrogen-bond donors (Lipinski definition) is 2. The third-order valence-electron chi connectivity index (χ3n) is 1.80. The molecular weight excluding hydrogens is 281 g/mol. The quantitative estimate of drug-likeness (QED) is 0.662. The molecule has 0 aliphatic heterocycles. The van der Waals surface area contributed by atoms with Crippen molar-refractivity contribution in [2.75, 3.05) is 12.4 Å². The Morgan fingerprint density at radius 2 is 2.27 bits per heavy atom. The number of carbonyl (C=O) groups excluding carboxylic acids is 1. The number of nitrogens with one attached hydrogen (secondary N) is 1. The number of rotatable bonds is 4. The molecule has 1 aromatic carbocycles. The molecule has 1 rings (SSSR count). The fourth-order valence-corrected chi connectivity index (χ4v) is 1.55. The lowest BCUT2D eigenvalue weighted by molar-refractivity contribution is 0.0951. The largest absolute Gasteiger partial charge is 0.507 e. The summed E-state index contributed by atoms with van der Waals surface area (Å²) in [6.07, 6.45) is 0.710. The van der Waals surface area contributed by atoms with Crippen LogP contribution in [-0.2, 0) is 0 Å². The maximum absolute atomic E-state index is 11.6. The van der Waals surface area contributed by atoms with E-state index in [0.29, 0.717) is 18.8 Å². The number of hydrogen-bond acceptors (Lipinski definition) is 2. The van der Waals surface area contributed by atoms with E-state index in [-0.39, 0.29) is 17.2 Å². The maximum Gasteiger partial charge on any atom is 0.255 e. The van der Waals surface area contributed by atoms with Gasteiger partial charge in [0.2, 0.25) is 0 Å². The number of halogens is 2. The molecule has 3 nitrogen and oxygen atoms in total. The summed E-state index contributed by atoms with van der Waals surface area (Å²) in [5.74, 6) is 0.186. The van der Waals surface area contributed by atoms with Crippen molar-refractivity contribution >= 4 is 33.4 Å². The van der Waals surface area contributed by atoms with Gasteiger partial charge in [-0.25, -0.2) is 0 Å². The summed E-state index contributed by atoms with van der Waals surface area (Å²) in [4.78, 5) is 11.6. The van der Waals surface area contributed by atoms with E-state index in [1.165, 1.54) is 6.07 Å². The van der Waals surface area contributed by atoms with E-state index >= 15 is 0 Å². The van der Waals surface area contributed by atoms with Crippen LogP contribution in [0.15, 0.2) is 22.7 Å². The van der Waals surface area contributed by atoms with Crippen LogP contribution < -0.4 is 5.32 Å². The first-order valence-corrected chi connectivity index (χ1v) is 5.80. The summed E-state index contributed by atoms with van der Waals surface area (Å²) < 4.78 is 0.753. The highest BCUT2D eigenvalue weighted by Gasteiger charge is 2.10. The highest BCUT2D eigenvalue weighted by atomic mass is 79.9. The Kier molecular flexibility index (Phi) is 4.91. The highest BCUT2D eigenvalue weighted by Crippen LogP contribution is 2.21. The molecule has 0 aromatic heterocycles. The van der Waals surface area contributed by atoms with Gasteiger partial charge < -0.3 is 10.4 Å². The molecule has 15 heavy (non-hydrogen) atoms.